The predicted octanol–water partition coefficient (Wildman–Crippen LogP) is 3.59. The fraction of sp³-hybridized carbons (Fsp3) is 0.0667. The molecule has 0 unspecified atom stereocenters. The summed E-state index contributed by atoms with van der Waals surface area (Å²) in [6.45, 7) is 0. The molecule has 0 atom stereocenters. The van der Waals surface area contributed by atoms with E-state index in [4.69, 9.17) is 0 Å². The molecule has 0 bridgehead atoms. The highest BCUT2D eigenvalue weighted by Crippen LogP contribution is 2.23. The van der Waals surface area contributed by atoms with Crippen LogP contribution in [0.5, 0.6) is 0 Å². The van der Waals surface area contributed by atoms with E-state index in [2.05, 4.69) is 26.2 Å². The number of benzene rings is 1. The molecule has 0 saturated heterocycles. The fourth-order valence-electron chi connectivity index (χ4n) is 2.17. The van der Waals surface area contributed by atoms with Crippen LogP contribution in [0, 0.1) is 0 Å². The van der Waals surface area contributed by atoms with Crippen molar-refractivity contribution < 1.29 is 4.79 Å². The Labute approximate surface area is 124 Å². The van der Waals surface area contributed by atoms with Crippen LogP contribution < -0.4 is 5.32 Å². The number of carbonyl (C=O) groups excluding carboxylic acids is 1. The number of carbonyl (C=O) groups is 1. The summed E-state index contributed by atoms with van der Waals surface area (Å²) >= 11 is 3.37. The molecule has 1 N–H and O–H groups in total. The highest BCUT2D eigenvalue weighted by Gasteiger charge is 2.12. The van der Waals surface area contributed by atoms with Gasteiger partial charge in [-0.1, -0.05) is 12.1 Å². The van der Waals surface area contributed by atoms with Gasteiger partial charge >= 0.3 is 0 Å². The lowest BCUT2D eigenvalue weighted by molar-refractivity contribution is 0.101. The smallest absolute Gasteiger partial charge is 0.272 e. The Kier molecular flexibility index (Phi) is 3.28. The predicted molar refractivity (Wildman–Crippen MR) is 82.8 cm³/mol. The molecule has 1 amide bonds. The van der Waals surface area contributed by atoms with Gasteiger partial charge in [-0.05, 0) is 34.1 Å². The topological polar surface area (TPSA) is 46.9 Å². The first kappa shape index (κ1) is 12.9. The van der Waals surface area contributed by atoms with Gasteiger partial charge in [-0.3, -0.25) is 9.78 Å². The molecule has 0 aliphatic heterocycles. The maximum Gasteiger partial charge on any atom is 0.272 e. The van der Waals surface area contributed by atoms with Crippen LogP contribution in [0.3, 0.4) is 0 Å². The molecule has 0 spiro atoms. The summed E-state index contributed by atoms with van der Waals surface area (Å²) in [5, 5.41) is 4.92. The number of fused-ring (bicyclic) bond motifs is 1. The summed E-state index contributed by atoms with van der Waals surface area (Å²) in [5.74, 6) is -0.137. The van der Waals surface area contributed by atoms with Crippen LogP contribution in [0.25, 0.3) is 10.8 Å². The van der Waals surface area contributed by atoms with Crippen molar-refractivity contribution in [3.8, 4) is 0 Å². The van der Waals surface area contributed by atoms with Crippen LogP contribution in [-0.4, -0.2) is 15.5 Å². The molecule has 0 radical (unpaired) electrons. The first-order valence-corrected chi connectivity index (χ1v) is 6.90. The molecule has 0 aliphatic rings. The molecular weight excluding hydrogens is 318 g/mol. The number of amides is 1. The maximum absolute atomic E-state index is 12.3. The van der Waals surface area contributed by atoms with Crippen LogP contribution in [0.15, 0.2) is 53.4 Å². The normalized spacial score (nSPS) is 10.7. The molecule has 1 aromatic carbocycles. The lowest BCUT2D eigenvalue weighted by Crippen LogP contribution is -2.15. The molecule has 20 heavy (non-hydrogen) atoms. The van der Waals surface area contributed by atoms with E-state index < -0.39 is 0 Å². The number of halogens is 1. The molecule has 2 heterocycles. The number of pyridine rings is 1. The number of anilines is 1. The number of hydrogen-bond acceptors (Lipinski definition) is 2. The van der Waals surface area contributed by atoms with E-state index in [0.29, 0.717) is 5.69 Å². The van der Waals surface area contributed by atoms with Crippen molar-refractivity contribution in [1.82, 2.24) is 9.55 Å². The van der Waals surface area contributed by atoms with Crippen LogP contribution in [0.2, 0.25) is 0 Å². The molecule has 5 heteroatoms. The highest BCUT2D eigenvalue weighted by atomic mass is 79.9. The van der Waals surface area contributed by atoms with Crippen molar-refractivity contribution in [2.75, 3.05) is 5.32 Å². The Morgan fingerprint density at radius 1 is 1.35 bits per heavy atom. The molecule has 3 aromatic rings. The molecule has 2 aromatic heterocycles. The Morgan fingerprint density at radius 2 is 2.20 bits per heavy atom. The van der Waals surface area contributed by atoms with Crippen molar-refractivity contribution in [2.45, 2.75) is 0 Å². The molecular formula is C15H12BrN3O. The van der Waals surface area contributed by atoms with Gasteiger partial charge in [0.25, 0.3) is 5.91 Å². The average Bonchev–Trinajstić information content (AvgIpc) is 2.78. The number of nitrogens with one attached hydrogen (secondary N) is 1. The number of aryl methyl sites for hydroxylation is 1. The van der Waals surface area contributed by atoms with Crippen LogP contribution in [0.1, 0.15) is 10.5 Å². The number of aromatic nitrogens is 2. The molecule has 0 fully saturated rings. The second-order valence-corrected chi connectivity index (χ2v) is 5.43. The van der Waals surface area contributed by atoms with Crippen molar-refractivity contribution in [2.24, 2.45) is 7.05 Å². The summed E-state index contributed by atoms with van der Waals surface area (Å²) in [4.78, 5) is 16.4. The number of hydrogen-bond donors (Lipinski definition) is 1. The third-order valence-electron chi connectivity index (χ3n) is 3.13. The van der Waals surface area contributed by atoms with Gasteiger partial charge in [-0.2, -0.15) is 0 Å². The standard InChI is InChI=1S/C15H12BrN3O/c1-19-9-11(16)7-14(19)15(20)18-13-4-2-3-10-8-17-6-5-12(10)13/h2-9H,1H3,(H,18,20). The average molecular weight is 330 g/mol. The second kappa shape index (κ2) is 5.09. The minimum atomic E-state index is -0.137. The van der Waals surface area contributed by atoms with Gasteiger partial charge < -0.3 is 9.88 Å². The van der Waals surface area contributed by atoms with Gasteiger partial charge in [-0.15, -0.1) is 0 Å². The quantitative estimate of drug-likeness (QED) is 0.781. The third kappa shape index (κ3) is 2.32. The summed E-state index contributed by atoms with van der Waals surface area (Å²) in [6.07, 6.45) is 5.35. The molecule has 4 nitrogen and oxygen atoms in total. The zero-order valence-electron chi connectivity index (χ0n) is 10.8. The molecule has 100 valence electrons. The zero-order chi connectivity index (χ0) is 14.1. The van der Waals surface area contributed by atoms with Crippen LogP contribution in [-0.2, 0) is 7.05 Å². The Balaban J connectivity index is 1.97. The minimum absolute atomic E-state index is 0.137. The largest absolute Gasteiger partial charge is 0.345 e. The van der Waals surface area contributed by atoms with E-state index in [0.717, 1.165) is 20.9 Å². The third-order valence-corrected chi connectivity index (χ3v) is 3.57. The van der Waals surface area contributed by atoms with Gasteiger partial charge in [0.05, 0.1) is 0 Å². The van der Waals surface area contributed by atoms with Gasteiger partial charge in [0.15, 0.2) is 0 Å². The molecule has 0 aliphatic carbocycles. The Hall–Kier alpha value is -2.14. The second-order valence-electron chi connectivity index (χ2n) is 4.51. The zero-order valence-corrected chi connectivity index (χ0v) is 12.4. The van der Waals surface area contributed by atoms with Gasteiger partial charge in [0.2, 0.25) is 0 Å². The lowest BCUT2D eigenvalue weighted by atomic mass is 10.1. The van der Waals surface area contributed by atoms with Crippen molar-refractivity contribution >= 4 is 38.3 Å². The number of rotatable bonds is 2. The Bertz CT molecular complexity index is 789. The van der Waals surface area contributed by atoms with Crippen LogP contribution >= 0.6 is 15.9 Å². The van der Waals surface area contributed by atoms with E-state index in [-0.39, 0.29) is 5.91 Å². The van der Waals surface area contributed by atoms with E-state index in [1.165, 1.54) is 0 Å². The van der Waals surface area contributed by atoms with E-state index in [1.807, 2.05) is 37.5 Å². The highest BCUT2D eigenvalue weighted by molar-refractivity contribution is 9.10. The van der Waals surface area contributed by atoms with Gasteiger partial charge in [0, 0.05) is 46.6 Å². The van der Waals surface area contributed by atoms with Gasteiger partial charge in [0.1, 0.15) is 5.69 Å². The maximum atomic E-state index is 12.3. The van der Waals surface area contributed by atoms with Crippen molar-refractivity contribution in [3.05, 3.63) is 59.1 Å². The van der Waals surface area contributed by atoms with Crippen LogP contribution in [0.4, 0.5) is 5.69 Å². The lowest BCUT2D eigenvalue weighted by Gasteiger charge is -2.08. The van der Waals surface area contributed by atoms with Crippen molar-refractivity contribution in [1.29, 1.82) is 0 Å². The van der Waals surface area contributed by atoms with E-state index in [1.54, 1.807) is 23.0 Å². The SMILES string of the molecule is Cn1cc(Br)cc1C(=O)Nc1cccc2cnccc12. The summed E-state index contributed by atoms with van der Waals surface area (Å²) in [6, 6.07) is 9.45. The fourth-order valence-corrected chi connectivity index (χ4v) is 2.69. The Morgan fingerprint density at radius 3 is 2.95 bits per heavy atom. The first-order valence-electron chi connectivity index (χ1n) is 6.11. The van der Waals surface area contributed by atoms with Gasteiger partial charge in [-0.25, -0.2) is 0 Å². The summed E-state index contributed by atoms with van der Waals surface area (Å²) in [5.41, 5.74) is 1.38. The van der Waals surface area contributed by atoms with Crippen molar-refractivity contribution in [3.63, 3.8) is 0 Å². The first-order chi connectivity index (χ1) is 9.65. The monoisotopic (exact) mass is 329 g/mol. The summed E-state index contributed by atoms with van der Waals surface area (Å²) in [7, 11) is 1.84. The van der Waals surface area contributed by atoms with E-state index in [9.17, 15) is 4.79 Å². The number of nitrogens with zero attached hydrogens (tertiary/aromatic N) is 2. The van der Waals surface area contributed by atoms with E-state index >= 15 is 0 Å². The molecule has 0 saturated carbocycles. The molecule has 3 rings (SSSR count). The summed E-state index contributed by atoms with van der Waals surface area (Å²) < 4.78 is 2.67. The minimum Gasteiger partial charge on any atom is -0.345 e.